The standard InChI is InChI=1S/C12H14BrNO/c1-8(7-15)9-3-4-12-10(5-9)11(13)6-14(12)2/h3-6,8,15H,7H2,1-2H3. The minimum absolute atomic E-state index is 0.190. The van der Waals surface area contributed by atoms with Gasteiger partial charge in [0.2, 0.25) is 0 Å². The molecule has 1 heterocycles. The van der Waals surface area contributed by atoms with E-state index in [0.29, 0.717) is 0 Å². The first-order valence-corrected chi connectivity index (χ1v) is 5.78. The summed E-state index contributed by atoms with van der Waals surface area (Å²) in [4.78, 5) is 0. The Labute approximate surface area is 97.7 Å². The quantitative estimate of drug-likeness (QED) is 0.889. The van der Waals surface area contributed by atoms with Crippen molar-refractivity contribution in [2.24, 2.45) is 7.05 Å². The zero-order valence-corrected chi connectivity index (χ0v) is 10.5. The Kier molecular flexibility index (Phi) is 2.85. The van der Waals surface area contributed by atoms with Gasteiger partial charge in [0, 0.05) is 41.1 Å². The summed E-state index contributed by atoms with van der Waals surface area (Å²) in [5, 5.41) is 10.3. The molecular formula is C12H14BrNO. The summed E-state index contributed by atoms with van der Waals surface area (Å²) in [6.07, 6.45) is 2.05. The Balaban J connectivity index is 2.60. The van der Waals surface area contributed by atoms with Crippen LogP contribution in [0.15, 0.2) is 28.9 Å². The molecule has 1 aromatic heterocycles. The van der Waals surface area contributed by atoms with Crippen molar-refractivity contribution in [1.29, 1.82) is 0 Å². The van der Waals surface area contributed by atoms with Crippen LogP contribution in [-0.4, -0.2) is 16.3 Å². The molecule has 0 spiro atoms. The molecule has 1 unspecified atom stereocenters. The molecule has 0 fully saturated rings. The molecule has 3 heteroatoms. The van der Waals surface area contributed by atoms with Gasteiger partial charge in [-0.15, -0.1) is 0 Å². The Bertz CT molecular complexity index is 490. The number of aryl methyl sites for hydroxylation is 1. The fourth-order valence-corrected chi connectivity index (χ4v) is 2.40. The summed E-state index contributed by atoms with van der Waals surface area (Å²) in [7, 11) is 2.03. The van der Waals surface area contributed by atoms with E-state index in [-0.39, 0.29) is 12.5 Å². The summed E-state index contributed by atoms with van der Waals surface area (Å²) in [6.45, 7) is 2.22. The lowest BCUT2D eigenvalue weighted by Gasteiger charge is -2.08. The molecule has 0 aliphatic rings. The molecule has 80 valence electrons. The Hall–Kier alpha value is -0.800. The summed E-state index contributed by atoms with van der Waals surface area (Å²) in [5.41, 5.74) is 2.38. The number of halogens is 1. The van der Waals surface area contributed by atoms with Crippen LogP contribution in [0, 0.1) is 0 Å². The monoisotopic (exact) mass is 267 g/mol. The van der Waals surface area contributed by atoms with Crippen LogP contribution in [0.25, 0.3) is 10.9 Å². The largest absolute Gasteiger partial charge is 0.396 e. The SMILES string of the molecule is CC(CO)c1ccc2c(c1)c(Br)cn2C. The van der Waals surface area contributed by atoms with Crippen molar-refractivity contribution >= 4 is 26.8 Å². The highest BCUT2D eigenvalue weighted by Crippen LogP contribution is 2.28. The van der Waals surface area contributed by atoms with E-state index in [9.17, 15) is 0 Å². The number of nitrogens with zero attached hydrogens (tertiary/aromatic N) is 1. The molecule has 0 radical (unpaired) electrons. The van der Waals surface area contributed by atoms with Crippen molar-refractivity contribution < 1.29 is 5.11 Å². The molecule has 1 aromatic carbocycles. The van der Waals surface area contributed by atoms with E-state index in [1.807, 2.05) is 14.0 Å². The van der Waals surface area contributed by atoms with Crippen LogP contribution in [0.1, 0.15) is 18.4 Å². The van der Waals surface area contributed by atoms with Crippen LogP contribution < -0.4 is 0 Å². The maximum Gasteiger partial charge on any atom is 0.0497 e. The highest BCUT2D eigenvalue weighted by molar-refractivity contribution is 9.10. The van der Waals surface area contributed by atoms with Crippen LogP contribution in [0.4, 0.5) is 0 Å². The Morgan fingerprint density at radius 3 is 2.87 bits per heavy atom. The van der Waals surface area contributed by atoms with Crippen molar-refractivity contribution in [2.45, 2.75) is 12.8 Å². The molecule has 0 amide bonds. The van der Waals surface area contributed by atoms with Crippen LogP contribution in [0.5, 0.6) is 0 Å². The van der Waals surface area contributed by atoms with Gasteiger partial charge < -0.3 is 9.67 Å². The van der Waals surface area contributed by atoms with Gasteiger partial charge in [0.1, 0.15) is 0 Å². The Morgan fingerprint density at radius 2 is 2.20 bits per heavy atom. The average Bonchev–Trinajstić information content (AvgIpc) is 2.53. The second kappa shape index (κ2) is 3.99. The number of aliphatic hydroxyl groups excluding tert-OH is 1. The molecule has 1 atom stereocenters. The summed E-state index contributed by atoms with van der Waals surface area (Å²) < 4.78 is 3.19. The van der Waals surface area contributed by atoms with Crippen molar-refractivity contribution in [3.8, 4) is 0 Å². The number of fused-ring (bicyclic) bond motifs is 1. The number of hydrogen-bond donors (Lipinski definition) is 1. The van der Waals surface area contributed by atoms with Gasteiger partial charge in [0.05, 0.1) is 0 Å². The third kappa shape index (κ3) is 1.82. The summed E-state index contributed by atoms with van der Waals surface area (Å²) >= 11 is 3.54. The van der Waals surface area contributed by atoms with E-state index in [1.165, 1.54) is 16.5 Å². The number of benzene rings is 1. The average molecular weight is 268 g/mol. The smallest absolute Gasteiger partial charge is 0.0497 e. The number of rotatable bonds is 2. The normalized spacial score (nSPS) is 13.3. The van der Waals surface area contributed by atoms with E-state index >= 15 is 0 Å². The van der Waals surface area contributed by atoms with E-state index < -0.39 is 0 Å². The zero-order valence-electron chi connectivity index (χ0n) is 8.87. The number of hydrogen-bond acceptors (Lipinski definition) is 1. The predicted molar refractivity (Wildman–Crippen MR) is 66.1 cm³/mol. The molecular weight excluding hydrogens is 254 g/mol. The van der Waals surface area contributed by atoms with Gasteiger partial charge in [-0.2, -0.15) is 0 Å². The second-order valence-electron chi connectivity index (χ2n) is 3.95. The number of aromatic nitrogens is 1. The molecule has 0 aliphatic carbocycles. The van der Waals surface area contributed by atoms with Crippen molar-refractivity contribution in [3.63, 3.8) is 0 Å². The van der Waals surface area contributed by atoms with Gasteiger partial charge in [-0.25, -0.2) is 0 Å². The van der Waals surface area contributed by atoms with Crippen molar-refractivity contribution in [1.82, 2.24) is 4.57 Å². The fraction of sp³-hybridized carbons (Fsp3) is 0.333. The fourth-order valence-electron chi connectivity index (χ4n) is 1.77. The third-order valence-electron chi connectivity index (χ3n) is 2.81. The molecule has 1 N–H and O–H groups in total. The maximum absolute atomic E-state index is 9.12. The van der Waals surface area contributed by atoms with Gasteiger partial charge >= 0.3 is 0 Å². The highest BCUT2D eigenvalue weighted by Gasteiger charge is 2.08. The summed E-state index contributed by atoms with van der Waals surface area (Å²) in [6, 6.07) is 6.32. The molecule has 0 saturated carbocycles. The molecule has 0 bridgehead atoms. The second-order valence-corrected chi connectivity index (χ2v) is 4.80. The van der Waals surface area contributed by atoms with Crippen LogP contribution in [0.3, 0.4) is 0 Å². The minimum Gasteiger partial charge on any atom is -0.396 e. The van der Waals surface area contributed by atoms with Gasteiger partial charge in [-0.05, 0) is 33.6 Å². The molecule has 0 saturated heterocycles. The highest BCUT2D eigenvalue weighted by atomic mass is 79.9. The van der Waals surface area contributed by atoms with Gasteiger partial charge in [0.15, 0.2) is 0 Å². The summed E-state index contributed by atoms with van der Waals surface area (Å²) in [5.74, 6) is 0.196. The molecule has 15 heavy (non-hydrogen) atoms. The van der Waals surface area contributed by atoms with Crippen LogP contribution in [-0.2, 0) is 7.05 Å². The van der Waals surface area contributed by atoms with Gasteiger partial charge in [-0.1, -0.05) is 13.0 Å². The minimum atomic E-state index is 0.190. The van der Waals surface area contributed by atoms with E-state index in [0.717, 1.165) is 4.47 Å². The zero-order chi connectivity index (χ0) is 11.0. The lowest BCUT2D eigenvalue weighted by atomic mass is 10.0. The van der Waals surface area contributed by atoms with Gasteiger partial charge in [-0.3, -0.25) is 0 Å². The van der Waals surface area contributed by atoms with E-state index in [4.69, 9.17) is 5.11 Å². The topological polar surface area (TPSA) is 25.2 Å². The first-order chi connectivity index (χ1) is 7.13. The lowest BCUT2D eigenvalue weighted by molar-refractivity contribution is 0.273. The lowest BCUT2D eigenvalue weighted by Crippen LogP contribution is -1.98. The Morgan fingerprint density at radius 1 is 1.47 bits per heavy atom. The van der Waals surface area contributed by atoms with Crippen molar-refractivity contribution in [2.75, 3.05) is 6.61 Å². The first-order valence-electron chi connectivity index (χ1n) is 4.99. The molecule has 2 rings (SSSR count). The van der Waals surface area contributed by atoms with E-state index in [1.54, 1.807) is 0 Å². The van der Waals surface area contributed by atoms with Gasteiger partial charge in [0.25, 0.3) is 0 Å². The van der Waals surface area contributed by atoms with Crippen LogP contribution in [0.2, 0.25) is 0 Å². The molecule has 2 aromatic rings. The molecule has 0 aliphatic heterocycles. The molecule has 2 nitrogen and oxygen atoms in total. The van der Waals surface area contributed by atoms with E-state index in [2.05, 4.69) is 44.9 Å². The van der Waals surface area contributed by atoms with Crippen LogP contribution >= 0.6 is 15.9 Å². The number of aliphatic hydroxyl groups is 1. The predicted octanol–water partition coefficient (Wildman–Crippen LogP) is 3.04. The first kappa shape index (κ1) is 10.7. The van der Waals surface area contributed by atoms with Crippen molar-refractivity contribution in [3.05, 3.63) is 34.4 Å². The maximum atomic E-state index is 9.12. The third-order valence-corrected chi connectivity index (χ3v) is 3.44.